The average Bonchev–Trinajstić information content (AvgIpc) is 3.22. The predicted octanol–water partition coefficient (Wildman–Crippen LogP) is 7.03. The van der Waals surface area contributed by atoms with Gasteiger partial charge in [-0.05, 0) is 60.4 Å². The zero-order valence-corrected chi connectivity index (χ0v) is 18.2. The zero-order valence-electron chi connectivity index (χ0n) is 17.4. The van der Waals surface area contributed by atoms with Crippen molar-refractivity contribution >= 4 is 40.3 Å². The zero-order chi connectivity index (χ0) is 22.8. The van der Waals surface area contributed by atoms with Gasteiger partial charge >= 0.3 is 5.69 Å². The minimum Gasteiger partial charge on any atom is -0.502 e. The smallest absolute Gasteiger partial charge is 0.312 e. The molecule has 0 spiro atoms. The molecule has 0 amide bonds. The molecule has 3 aromatic carbocycles. The van der Waals surface area contributed by atoms with Crippen LogP contribution in [-0.2, 0) is 0 Å². The molecule has 32 heavy (non-hydrogen) atoms. The Kier molecular flexibility index (Phi) is 5.92. The summed E-state index contributed by atoms with van der Waals surface area (Å²) in [5.74, 6) is 0.486. The summed E-state index contributed by atoms with van der Waals surface area (Å²) in [5, 5.41) is 21.3. The van der Waals surface area contributed by atoms with E-state index in [4.69, 9.17) is 16.0 Å². The van der Waals surface area contributed by atoms with Gasteiger partial charge in [-0.1, -0.05) is 31.5 Å². The fourth-order valence-electron chi connectivity index (χ4n) is 3.29. The molecule has 0 bridgehead atoms. The second-order valence-corrected chi connectivity index (χ2v) is 7.92. The number of aromatic hydroxyl groups is 1. The number of phenolic OH excluding ortho intramolecular Hbond substituents is 1. The first-order valence-corrected chi connectivity index (χ1v) is 10.5. The Bertz CT molecular complexity index is 1330. The molecule has 1 atom stereocenters. The summed E-state index contributed by atoms with van der Waals surface area (Å²) in [5.41, 5.74) is 3.85. The topological polar surface area (TPSA) is 102 Å². The number of hydrogen-bond acceptors (Lipinski definition) is 6. The van der Waals surface area contributed by atoms with Crippen LogP contribution >= 0.6 is 11.6 Å². The molecule has 8 heteroatoms. The largest absolute Gasteiger partial charge is 0.502 e. The van der Waals surface area contributed by atoms with Crippen LogP contribution in [-0.4, -0.2) is 21.2 Å². The van der Waals surface area contributed by atoms with Crippen LogP contribution in [0.1, 0.15) is 37.3 Å². The van der Waals surface area contributed by atoms with Gasteiger partial charge in [0.05, 0.1) is 10.6 Å². The van der Waals surface area contributed by atoms with Crippen molar-refractivity contribution in [3.05, 3.63) is 80.9 Å². The Morgan fingerprint density at radius 3 is 2.66 bits per heavy atom. The molecule has 4 rings (SSSR count). The minimum atomic E-state index is -0.695. The van der Waals surface area contributed by atoms with Crippen molar-refractivity contribution in [2.24, 2.45) is 4.99 Å². The number of fused-ring (bicyclic) bond motifs is 1. The van der Waals surface area contributed by atoms with Gasteiger partial charge in [-0.2, -0.15) is 0 Å². The molecular formula is C24H20ClN3O4. The molecule has 1 aromatic heterocycles. The number of aliphatic imine (C=N–C) groups is 1. The van der Waals surface area contributed by atoms with Gasteiger partial charge in [0, 0.05) is 28.4 Å². The Labute approximate surface area is 189 Å². The lowest BCUT2D eigenvalue weighted by atomic mass is 9.98. The molecule has 0 unspecified atom stereocenters. The van der Waals surface area contributed by atoms with Gasteiger partial charge in [0.15, 0.2) is 5.58 Å². The van der Waals surface area contributed by atoms with E-state index in [2.05, 4.69) is 36.0 Å². The van der Waals surface area contributed by atoms with E-state index in [9.17, 15) is 15.2 Å². The molecule has 4 aromatic rings. The molecule has 0 aliphatic carbocycles. The van der Waals surface area contributed by atoms with Crippen LogP contribution in [0.3, 0.4) is 0 Å². The molecule has 0 fully saturated rings. The van der Waals surface area contributed by atoms with Gasteiger partial charge in [-0.25, -0.2) is 4.98 Å². The number of hydrogen-bond donors (Lipinski definition) is 1. The lowest BCUT2D eigenvalue weighted by Gasteiger charge is -2.07. The van der Waals surface area contributed by atoms with E-state index >= 15 is 0 Å². The summed E-state index contributed by atoms with van der Waals surface area (Å²) in [4.78, 5) is 19.2. The van der Waals surface area contributed by atoms with Crippen molar-refractivity contribution in [2.75, 3.05) is 0 Å². The van der Waals surface area contributed by atoms with E-state index in [1.165, 1.54) is 17.8 Å². The highest BCUT2D eigenvalue weighted by Gasteiger charge is 2.17. The van der Waals surface area contributed by atoms with Gasteiger partial charge in [0.25, 0.3) is 0 Å². The number of nitro benzene ring substituents is 1. The maximum absolute atomic E-state index is 11.0. The van der Waals surface area contributed by atoms with Gasteiger partial charge < -0.3 is 9.52 Å². The monoisotopic (exact) mass is 449 g/mol. The van der Waals surface area contributed by atoms with Crippen molar-refractivity contribution in [2.45, 2.75) is 26.2 Å². The van der Waals surface area contributed by atoms with Crippen LogP contribution in [0.2, 0.25) is 5.02 Å². The van der Waals surface area contributed by atoms with Gasteiger partial charge in [0.1, 0.15) is 5.52 Å². The van der Waals surface area contributed by atoms with Crippen LogP contribution < -0.4 is 0 Å². The van der Waals surface area contributed by atoms with Crippen molar-refractivity contribution in [3.8, 4) is 17.2 Å². The number of nitro groups is 1. The highest BCUT2D eigenvalue weighted by atomic mass is 35.5. The number of nitrogens with zero attached hydrogens (tertiary/aromatic N) is 3. The van der Waals surface area contributed by atoms with Crippen LogP contribution in [0.15, 0.2) is 64.0 Å². The van der Waals surface area contributed by atoms with Gasteiger partial charge in [-0.3, -0.25) is 15.1 Å². The molecule has 0 aliphatic rings. The van der Waals surface area contributed by atoms with Crippen molar-refractivity contribution in [1.82, 2.24) is 4.98 Å². The minimum absolute atomic E-state index is 0.138. The number of aromatic nitrogens is 1. The van der Waals surface area contributed by atoms with E-state index in [1.54, 1.807) is 12.1 Å². The maximum Gasteiger partial charge on any atom is 0.312 e. The number of oxazole rings is 1. The number of benzene rings is 3. The van der Waals surface area contributed by atoms with Crippen molar-refractivity contribution < 1.29 is 14.4 Å². The summed E-state index contributed by atoms with van der Waals surface area (Å²) in [6.07, 6.45) is 2.39. The predicted molar refractivity (Wildman–Crippen MR) is 125 cm³/mol. The summed E-state index contributed by atoms with van der Waals surface area (Å²) >= 11 is 5.91. The molecule has 0 radical (unpaired) electrons. The lowest BCUT2D eigenvalue weighted by molar-refractivity contribution is -0.385. The lowest BCUT2D eigenvalue weighted by Crippen LogP contribution is -1.92. The maximum atomic E-state index is 11.0. The standard InChI is InChI=1S/C24H20ClN3O4/c1-3-14(2)16-6-9-22-20(11-16)27-24(32-22)15-4-7-19(8-5-15)26-13-17-10-18(25)12-21(23(17)29)28(30)31/h4-14,29H,3H2,1-2H3/t14-/m1/s1. The normalized spacial score (nSPS) is 12.5. The fourth-order valence-corrected chi connectivity index (χ4v) is 3.51. The average molecular weight is 450 g/mol. The summed E-state index contributed by atoms with van der Waals surface area (Å²) in [7, 11) is 0. The van der Waals surface area contributed by atoms with E-state index in [-0.39, 0.29) is 10.6 Å². The third-order valence-corrected chi connectivity index (χ3v) is 5.56. The second-order valence-electron chi connectivity index (χ2n) is 7.48. The Hall–Kier alpha value is -3.71. The van der Waals surface area contributed by atoms with Crippen LogP contribution in [0.5, 0.6) is 5.75 Å². The van der Waals surface area contributed by atoms with E-state index in [0.29, 0.717) is 17.5 Å². The molecule has 7 nitrogen and oxygen atoms in total. The van der Waals surface area contributed by atoms with Crippen LogP contribution in [0, 0.1) is 10.1 Å². The summed E-state index contributed by atoms with van der Waals surface area (Å²) in [6, 6.07) is 15.8. The fraction of sp³-hybridized carbons (Fsp3) is 0.167. The highest BCUT2D eigenvalue weighted by molar-refractivity contribution is 6.31. The number of phenols is 1. The quantitative estimate of drug-likeness (QED) is 0.193. The first kappa shape index (κ1) is 21.5. The van der Waals surface area contributed by atoms with Crippen LogP contribution in [0.4, 0.5) is 11.4 Å². The third kappa shape index (κ3) is 4.33. The van der Waals surface area contributed by atoms with E-state index in [0.717, 1.165) is 29.2 Å². The molecule has 1 N–H and O–H groups in total. The Balaban J connectivity index is 1.58. The van der Waals surface area contributed by atoms with Crippen molar-refractivity contribution in [3.63, 3.8) is 0 Å². The molecule has 1 heterocycles. The van der Waals surface area contributed by atoms with Crippen LogP contribution in [0.25, 0.3) is 22.6 Å². The summed E-state index contributed by atoms with van der Waals surface area (Å²) in [6.45, 7) is 4.34. The summed E-state index contributed by atoms with van der Waals surface area (Å²) < 4.78 is 5.90. The Morgan fingerprint density at radius 1 is 1.22 bits per heavy atom. The highest BCUT2D eigenvalue weighted by Crippen LogP contribution is 2.33. The first-order chi connectivity index (χ1) is 15.4. The third-order valence-electron chi connectivity index (χ3n) is 5.34. The second kappa shape index (κ2) is 8.80. The van der Waals surface area contributed by atoms with E-state index < -0.39 is 16.4 Å². The number of rotatable bonds is 6. The van der Waals surface area contributed by atoms with Gasteiger partial charge in [-0.15, -0.1) is 0 Å². The number of halogens is 1. The Morgan fingerprint density at radius 2 is 1.97 bits per heavy atom. The molecule has 0 saturated carbocycles. The first-order valence-electron chi connectivity index (χ1n) is 10.1. The van der Waals surface area contributed by atoms with Crippen molar-refractivity contribution in [1.29, 1.82) is 0 Å². The molecule has 0 aliphatic heterocycles. The molecule has 0 saturated heterocycles. The van der Waals surface area contributed by atoms with Gasteiger partial charge in [0.2, 0.25) is 11.6 Å². The SMILES string of the molecule is CC[C@@H](C)c1ccc2oc(-c3ccc(N=Cc4cc(Cl)cc([N+](=O)[O-])c4O)cc3)nc2c1. The van der Waals surface area contributed by atoms with E-state index in [1.807, 2.05) is 18.2 Å². The molecular weight excluding hydrogens is 430 g/mol. The molecule has 162 valence electrons.